The van der Waals surface area contributed by atoms with Crippen LogP contribution in [0.3, 0.4) is 0 Å². The first kappa shape index (κ1) is 19.2. The molecular formula is C21H23N3O2S. The zero-order valence-corrected chi connectivity index (χ0v) is 16.5. The molecule has 2 aromatic carbocycles. The Morgan fingerprint density at radius 3 is 2.48 bits per heavy atom. The molecule has 1 amide bonds. The van der Waals surface area contributed by atoms with Crippen LogP contribution in [0.2, 0.25) is 0 Å². The summed E-state index contributed by atoms with van der Waals surface area (Å²) in [5.41, 5.74) is 1.63. The van der Waals surface area contributed by atoms with E-state index in [0.29, 0.717) is 22.6 Å². The first-order valence-electron chi connectivity index (χ1n) is 9.02. The molecule has 0 aliphatic carbocycles. The maximum Gasteiger partial charge on any atom is 0.262 e. The van der Waals surface area contributed by atoms with Crippen LogP contribution in [0.15, 0.2) is 64.5 Å². The van der Waals surface area contributed by atoms with Gasteiger partial charge in [0.2, 0.25) is 5.91 Å². The van der Waals surface area contributed by atoms with Crippen molar-refractivity contribution in [1.82, 2.24) is 14.9 Å². The van der Waals surface area contributed by atoms with Crippen LogP contribution in [-0.4, -0.2) is 20.7 Å². The highest BCUT2D eigenvalue weighted by atomic mass is 32.2. The fourth-order valence-corrected chi connectivity index (χ4v) is 3.87. The zero-order chi connectivity index (χ0) is 19.4. The number of aromatic nitrogens is 2. The van der Waals surface area contributed by atoms with Crippen LogP contribution < -0.4 is 10.9 Å². The molecule has 5 nitrogen and oxygen atoms in total. The molecule has 1 heterocycles. The highest BCUT2D eigenvalue weighted by molar-refractivity contribution is 8.00. The van der Waals surface area contributed by atoms with Gasteiger partial charge in [-0.3, -0.25) is 14.2 Å². The SMILES string of the molecule is CCn1c(S[C@H](C)C(=O)N[C@H](C)c2ccccc2)nc2ccccc2c1=O. The van der Waals surface area contributed by atoms with E-state index in [2.05, 4.69) is 10.3 Å². The van der Waals surface area contributed by atoms with E-state index >= 15 is 0 Å². The number of nitrogens with zero attached hydrogens (tertiary/aromatic N) is 2. The van der Waals surface area contributed by atoms with Crippen molar-refractivity contribution in [1.29, 1.82) is 0 Å². The lowest BCUT2D eigenvalue weighted by molar-refractivity contribution is -0.120. The van der Waals surface area contributed by atoms with Gasteiger partial charge in [0.25, 0.3) is 5.56 Å². The molecule has 2 atom stereocenters. The Morgan fingerprint density at radius 1 is 1.11 bits per heavy atom. The van der Waals surface area contributed by atoms with E-state index in [9.17, 15) is 9.59 Å². The number of amides is 1. The molecule has 3 rings (SSSR count). The zero-order valence-electron chi connectivity index (χ0n) is 15.7. The molecule has 0 aliphatic rings. The maximum atomic E-state index is 12.7. The fourth-order valence-electron chi connectivity index (χ4n) is 2.88. The quantitative estimate of drug-likeness (QED) is 0.521. The summed E-state index contributed by atoms with van der Waals surface area (Å²) in [5.74, 6) is -0.0820. The Kier molecular flexibility index (Phi) is 5.96. The van der Waals surface area contributed by atoms with Crippen LogP contribution in [0.25, 0.3) is 10.9 Å². The predicted molar refractivity (Wildman–Crippen MR) is 110 cm³/mol. The lowest BCUT2D eigenvalue weighted by Gasteiger charge is -2.19. The van der Waals surface area contributed by atoms with Gasteiger partial charge in [-0.15, -0.1) is 0 Å². The molecule has 0 fully saturated rings. The van der Waals surface area contributed by atoms with Gasteiger partial charge in [-0.05, 0) is 38.5 Å². The average molecular weight is 382 g/mol. The van der Waals surface area contributed by atoms with E-state index in [-0.39, 0.29) is 22.8 Å². The number of fused-ring (bicyclic) bond motifs is 1. The van der Waals surface area contributed by atoms with Crippen molar-refractivity contribution >= 4 is 28.6 Å². The van der Waals surface area contributed by atoms with Gasteiger partial charge in [0.1, 0.15) is 0 Å². The van der Waals surface area contributed by atoms with Gasteiger partial charge < -0.3 is 5.32 Å². The normalized spacial score (nSPS) is 13.3. The van der Waals surface area contributed by atoms with Crippen molar-refractivity contribution in [3.8, 4) is 0 Å². The van der Waals surface area contributed by atoms with Crippen LogP contribution >= 0.6 is 11.8 Å². The van der Waals surface area contributed by atoms with Gasteiger partial charge in [-0.2, -0.15) is 0 Å². The summed E-state index contributed by atoms with van der Waals surface area (Å²) in [6.07, 6.45) is 0. The van der Waals surface area contributed by atoms with E-state index in [1.807, 2.05) is 69.3 Å². The molecule has 1 N–H and O–H groups in total. The summed E-state index contributed by atoms with van der Waals surface area (Å²) in [6, 6.07) is 17.0. The molecule has 0 aliphatic heterocycles. The summed E-state index contributed by atoms with van der Waals surface area (Å²) < 4.78 is 1.62. The van der Waals surface area contributed by atoms with Crippen molar-refractivity contribution in [2.45, 2.75) is 43.8 Å². The number of benzene rings is 2. The number of rotatable bonds is 6. The molecule has 6 heteroatoms. The van der Waals surface area contributed by atoms with Gasteiger partial charge in [-0.1, -0.05) is 54.2 Å². The molecule has 0 saturated carbocycles. The third-order valence-electron chi connectivity index (χ3n) is 4.45. The van der Waals surface area contributed by atoms with Crippen molar-refractivity contribution < 1.29 is 4.79 Å². The summed E-state index contributed by atoms with van der Waals surface area (Å²) in [5, 5.41) is 3.82. The largest absolute Gasteiger partial charge is 0.349 e. The molecular weight excluding hydrogens is 358 g/mol. The second kappa shape index (κ2) is 8.39. The average Bonchev–Trinajstić information content (AvgIpc) is 2.69. The van der Waals surface area contributed by atoms with Crippen LogP contribution in [0.5, 0.6) is 0 Å². The minimum absolute atomic E-state index is 0.0733. The van der Waals surface area contributed by atoms with E-state index in [0.717, 1.165) is 5.56 Å². The van der Waals surface area contributed by atoms with Gasteiger partial charge >= 0.3 is 0 Å². The first-order chi connectivity index (χ1) is 13.0. The van der Waals surface area contributed by atoms with Crippen LogP contribution in [0, 0.1) is 0 Å². The molecule has 0 bridgehead atoms. The highest BCUT2D eigenvalue weighted by Gasteiger charge is 2.20. The summed E-state index contributed by atoms with van der Waals surface area (Å²) in [6.45, 7) is 6.21. The molecule has 140 valence electrons. The van der Waals surface area contributed by atoms with E-state index in [1.54, 1.807) is 10.6 Å². The van der Waals surface area contributed by atoms with Crippen LogP contribution in [0.4, 0.5) is 0 Å². The Hall–Kier alpha value is -2.60. The van der Waals surface area contributed by atoms with E-state index in [4.69, 9.17) is 0 Å². The standard InChI is InChI=1S/C21H23N3O2S/c1-4-24-20(26)17-12-8-9-13-18(17)23-21(24)27-15(3)19(25)22-14(2)16-10-6-5-7-11-16/h5-15H,4H2,1-3H3,(H,22,25)/t14-,15-/m1/s1. The topological polar surface area (TPSA) is 64.0 Å². The van der Waals surface area contributed by atoms with Crippen LogP contribution in [0.1, 0.15) is 32.4 Å². The summed E-state index contributed by atoms with van der Waals surface area (Å²) in [4.78, 5) is 29.9. The van der Waals surface area contributed by atoms with Crippen molar-refractivity contribution in [2.75, 3.05) is 0 Å². The molecule has 0 spiro atoms. The third-order valence-corrected chi connectivity index (χ3v) is 5.54. The number of nitrogens with one attached hydrogen (secondary N) is 1. The highest BCUT2D eigenvalue weighted by Crippen LogP contribution is 2.23. The Morgan fingerprint density at radius 2 is 1.78 bits per heavy atom. The van der Waals surface area contributed by atoms with E-state index in [1.165, 1.54) is 11.8 Å². The lowest BCUT2D eigenvalue weighted by Crippen LogP contribution is -2.33. The van der Waals surface area contributed by atoms with Gasteiger partial charge in [0.15, 0.2) is 5.16 Å². The minimum Gasteiger partial charge on any atom is -0.349 e. The van der Waals surface area contributed by atoms with Crippen LogP contribution in [-0.2, 0) is 11.3 Å². The van der Waals surface area contributed by atoms with Crippen molar-refractivity contribution in [3.63, 3.8) is 0 Å². The molecule has 0 radical (unpaired) electrons. The number of carbonyl (C=O) groups is 1. The predicted octanol–water partition coefficient (Wildman–Crippen LogP) is 3.77. The Balaban J connectivity index is 1.80. The second-order valence-corrected chi connectivity index (χ2v) is 7.67. The summed E-state index contributed by atoms with van der Waals surface area (Å²) >= 11 is 1.31. The molecule has 1 aromatic heterocycles. The van der Waals surface area contributed by atoms with Gasteiger partial charge in [0.05, 0.1) is 22.2 Å². The Bertz CT molecular complexity index is 1000. The number of carbonyl (C=O) groups excluding carboxylic acids is 1. The molecule has 3 aromatic rings. The van der Waals surface area contributed by atoms with Crippen molar-refractivity contribution in [2.24, 2.45) is 0 Å². The lowest BCUT2D eigenvalue weighted by atomic mass is 10.1. The smallest absolute Gasteiger partial charge is 0.262 e. The first-order valence-corrected chi connectivity index (χ1v) is 9.90. The number of hydrogen-bond acceptors (Lipinski definition) is 4. The molecule has 0 saturated heterocycles. The number of thioether (sulfide) groups is 1. The summed E-state index contributed by atoms with van der Waals surface area (Å²) in [7, 11) is 0. The Labute approximate surface area is 162 Å². The number of para-hydroxylation sites is 1. The van der Waals surface area contributed by atoms with Crippen molar-refractivity contribution in [3.05, 3.63) is 70.5 Å². The van der Waals surface area contributed by atoms with Gasteiger partial charge in [-0.25, -0.2) is 4.98 Å². The third kappa shape index (κ3) is 4.22. The monoisotopic (exact) mass is 381 g/mol. The molecule has 27 heavy (non-hydrogen) atoms. The minimum atomic E-state index is -0.373. The fraction of sp³-hybridized carbons (Fsp3) is 0.286. The molecule has 0 unspecified atom stereocenters. The van der Waals surface area contributed by atoms with E-state index < -0.39 is 0 Å². The maximum absolute atomic E-state index is 12.7. The number of hydrogen-bond donors (Lipinski definition) is 1. The second-order valence-electron chi connectivity index (χ2n) is 6.36. The van der Waals surface area contributed by atoms with Gasteiger partial charge in [0, 0.05) is 6.54 Å².